The molecule has 2 aromatic carbocycles. The molecular weight excluding hydrogens is 250 g/mol. The number of rotatable bonds is 3. The third kappa shape index (κ3) is 2.54. The number of benzene rings is 2. The van der Waals surface area contributed by atoms with Gasteiger partial charge in [-0.3, -0.25) is 4.79 Å². The lowest BCUT2D eigenvalue weighted by molar-refractivity contribution is 0.0895. The van der Waals surface area contributed by atoms with Gasteiger partial charge in [0, 0.05) is 11.5 Å². The van der Waals surface area contributed by atoms with Crippen LogP contribution in [-0.4, -0.2) is 26.0 Å². The molecule has 0 aromatic heterocycles. The minimum atomic E-state index is 0.173. The average Bonchev–Trinajstić information content (AvgIpc) is 2.54. The van der Waals surface area contributed by atoms with E-state index in [0.717, 1.165) is 48.0 Å². The maximum atomic E-state index is 12.5. The van der Waals surface area contributed by atoms with Crippen molar-refractivity contribution >= 4 is 16.6 Å². The number of hydrogen-bond acceptors (Lipinski definition) is 3. The summed E-state index contributed by atoms with van der Waals surface area (Å²) in [5, 5.41) is 5.49. The summed E-state index contributed by atoms with van der Waals surface area (Å²) >= 11 is 0. The quantitative estimate of drug-likeness (QED) is 0.870. The van der Waals surface area contributed by atoms with Crippen molar-refractivity contribution in [3.05, 3.63) is 42.0 Å². The van der Waals surface area contributed by atoms with Crippen LogP contribution >= 0.6 is 0 Å². The van der Waals surface area contributed by atoms with E-state index >= 15 is 0 Å². The zero-order valence-corrected chi connectivity index (χ0v) is 11.7. The lowest BCUT2D eigenvalue weighted by Crippen LogP contribution is -2.31. The number of Topliss-reactive ketones (excluding diaryl/α,β-unsaturated/α-hetero) is 1. The summed E-state index contributed by atoms with van der Waals surface area (Å²) in [7, 11) is 1.66. The number of carbonyl (C=O) groups is 1. The summed E-state index contributed by atoms with van der Waals surface area (Å²) in [6.07, 6.45) is 1.89. The van der Waals surface area contributed by atoms with E-state index in [2.05, 4.69) is 5.32 Å². The first-order valence-electron chi connectivity index (χ1n) is 7.10. The highest BCUT2D eigenvalue weighted by atomic mass is 16.5. The van der Waals surface area contributed by atoms with Crippen molar-refractivity contribution in [3.8, 4) is 5.75 Å². The van der Waals surface area contributed by atoms with Gasteiger partial charge in [0.15, 0.2) is 5.78 Å². The molecule has 3 nitrogen and oxygen atoms in total. The molecule has 0 saturated carbocycles. The van der Waals surface area contributed by atoms with Crippen LogP contribution in [0.5, 0.6) is 5.75 Å². The molecule has 20 heavy (non-hydrogen) atoms. The van der Waals surface area contributed by atoms with Crippen molar-refractivity contribution in [1.29, 1.82) is 0 Å². The highest BCUT2D eigenvalue weighted by Crippen LogP contribution is 2.24. The van der Waals surface area contributed by atoms with Gasteiger partial charge < -0.3 is 10.1 Å². The van der Waals surface area contributed by atoms with Crippen LogP contribution in [0.4, 0.5) is 0 Å². The Hall–Kier alpha value is -1.87. The first-order chi connectivity index (χ1) is 9.78. The fourth-order valence-electron chi connectivity index (χ4n) is 2.82. The molecule has 0 unspecified atom stereocenters. The second kappa shape index (κ2) is 5.63. The molecule has 1 saturated heterocycles. The number of piperidine rings is 1. The van der Waals surface area contributed by atoms with Gasteiger partial charge in [-0.15, -0.1) is 0 Å². The van der Waals surface area contributed by atoms with Crippen LogP contribution < -0.4 is 10.1 Å². The van der Waals surface area contributed by atoms with E-state index in [4.69, 9.17) is 4.74 Å². The van der Waals surface area contributed by atoms with Crippen LogP contribution in [0.15, 0.2) is 36.4 Å². The lowest BCUT2D eigenvalue weighted by Gasteiger charge is -2.21. The number of hydrogen-bond donors (Lipinski definition) is 1. The molecule has 0 aliphatic carbocycles. The Bertz CT molecular complexity index is 630. The normalized spacial score (nSPS) is 16.2. The average molecular weight is 269 g/mol. The Balaban J connectivity index is 1.90. The molecule has 104 valence electrons. The highest BCUT2D eigenvalue weighted by Gasteiger charge is 2.22. The molecule has 3 heteroatoms. The number of ether oxygens (including phenoxy) is 1. The third-order valence-electron chi connectivity index (χ3n) is 4.04. The van der Waals surface area contributed by atoms with Gasteiger partial charge in [-0.05, 0) is 54.9 Å². The van der Waals surface area contributed by atoms with Crippen molar-refractivity contribution in [2.24, 2.45) is 5.92 Å². The Kier molecular flexibility index (Phi) is 3.70. The molecular formula is C17H19NO2. The van der Waals surface area contributed by atoms with Crippen LogP contribution in [0.25, 0.3) is 10.8 Å². The van der Waals surface area contributed by atoms with E-state index in [-0.39, 0.29) is 11.7 Å². The number of nitrogens with one attached hydrogen (secondary N) is 1. The SMILES string of the molecule is COc1ccc2cc(C(=O)C3CCNCC3)ccc2c1. The van der Waals surface area contributed by atoms with Gasteiger partial charge >= 0.3 is 0 Å². The Morgan fingerprint density at radius 3 is 2.55 bits per heavy atom. The maximum absolute atomic E-state index is 12.5. The Morgan fingerprint density at radius 1 is 1.10 bits per heavy atom. The molecule has 1 aliphatic rings. The van der Waals surface area contributed by atoms with Crippen LogP contribution in [0.1, 0.15) is 23.2 Å². The van der Waals surface area contributed by atoms with Crippen LogP contribution in [-0.2, 0) is 0 Å². The largest absolute Gasteiger partial charge is 0.497 e. The van der Waals surface area contributed by atoms with Gasteiger partial charge in [0.25, 0.3) is 0 Å². The fraction of sp³-hybridized carbons (Fsp3) is 0.353. The van der Waals surface area contributed by atoms with Crippen LogP contribution in [0.2, 0.25) is 0 Å². The van der Waals surface area contributed by atoms with Crippen LogP contribution in [0.3, 0.4) is 0 Å². The fourth-order valence-corrected chi connectivity index (χ4v) is 2.82. The van der Waals surface area contributed by atoms with Gasteiger partial charge in [-0.2, -0.15) is 0 Å². The summed E-state index contributed by atoms with van der Waals surface area (Å²) in [5.41, 5.74) is 0.828. The van der Waals surface area contributed by atoms with Gasteiger partial charge in [-0.25, -0.2) is 0 Å². The zero-order valence-electron chi connectivity index (χ0n) is 11.7. The van der Waals surface area contributed by atoms with Crippen molar-refractivity contribution < 1.29 is 9.53 Å². The molecule has 1 fully saturated rings. The topological polar surface area (TPSA) is 38.3 Å². The summed E-state index contributed by atoms with van der Waals surface area (Å²) < 4.78 is 5.22. The predicted octanol–water partition coefficient (Wildman–Crippen LogP) is 3.03. The van der Waals surface area contributed by atoms with Crippen molar-refractivity contribution in [2.75, 3.05) is 20.2 Å². The van der Waals surface area contributed by atoms with Gasteiger partial charge in [0.1, 0.15) is 5.75 Å². The van der Waals surface area contributed by atoms with Gasteiger partial charge in [0.05, 0.1) is 7.11 Å². The number of ketones is 1. The molecule has 1 aliphatic heterocycles. The van der Waals surface area contributed by atoms with E-state index in [1.165, 1.54) is 0 Å². The standard InChI is InChI=1S/C17H19NO2/c1-20-16-5-4-13-10-15(3-2-14(13)11-16)17(19)12-6-8-18-9-7-12/h2-5,10-12,18H,6-9H2,1H3. The van der Waals surface area contributed by atoms with E-state index < -0.39 is 0 Å². The van der Waals surface area contributed by atoms with E-state index in [0.29, 0.717) is 0 Å². The van der Waals surface area contributed by atoms with E-state index in [9.17, 15) is 4.79 Å². The van der Waals surface area contributed by atoms with Crippen LogP contribution in [0, 0.1) is 5.92 Å². The molecule has 1 heterocycles. The smallest absolute Gasteiger partial charge is 0.166 e. The minimum Gasteiger partial charge on any atom is -0.497 e. The van der Waals surface area contributed by atoms with Crippen molar-refractivity contribution in [3.63, 3.8) is 0 Å². The van der Waals surface area contributed by atoms with Crippen molar-refractivity contribution in [2.45, 2.75) is 12.8 Å². The van der Waals surface area contributed by atoms with Gasteiger partial charge in [-0.1, -0.05) is 18.2 Å². The molecule has 0 bridgehead atoms. The second-order valence-electron chi connectivity index (χ2n) is 5.32. The number of methoxy groups -OCH3 is 1. The molecule has 2 aromatic rings. The Morgan fingerprint density at radius 2 is 1.80 bits per heavy atom. The van der Waals surface area contributed by atoms with E-state index in [1.54, 1.807) is 7.11 Å². The maximum Gasteiger partial charge on any atom is 0.166 e. The summed E-state index contributed by atoms with van der Waals surface area (Å²) in [6.45, 7) is 1.89. The van der Waals surface area contributed by atoms with E-state index in [1.807, 2.05) is 36.4 Å². The second-order valence-corrected chi connectivity index (χ2v) is 5.32. The molecule has 1 N–H and O–H groups in total. The molecule has 0 spiro atoms. The number of carbonyl (C=O) groups excluding carboxylic acids is 1. The summed E-state index contributed by atoms with van der Waals surface area (Å²) in [5.74, 6) is 1.30. The summed E-state index contributed by atoms with van der Waals surface area (Å²) in [4.78, 5) is 12.5. The highest BCUT2D eigenvalue weighted by molar-refractivity contribution is 6.01. The zero-order chi connectivity index (χ0) is 13.9. The lowest BCUT2D eigenvalue weighted by atomic mass is 9.89. The first kappa shape index (κ1) is 13.1. The summed E-state index contributed by atoms with van der Waals surface area (Å²) in [6, 6.07) is 11.9. The first-order valence-corrected chi connectivity index (χ1v) is 7.10. The minimum absolute atomic E-state index is 0.173. The molecule has 3 rings (SSSR count). The van der Waals surface area contributed by atoms with Gasteiger partial charge in [0.2, 0.25) is 0 Å². The molecule has 0 amide bonds. The Labute approximate surface area is 118 Å². The molecule has 0 atom stereocenters. The molecule has 0 radical (unpaired) electrons. The predicted molar refractivity (Wildman–Crippen MR) is 80.4 cm³/mol. The monoisotopic (exact) mass is 269 g/mol. The third-order valence-corrected chi connectivity index (χ3v) is 4.04. The number of fused-ring (bicyclic) bond motifs is 1. The van der Waals surface area contributed by atoms with Crippen molar-refractivity contribution in [1.82, 2.24) is 5.32 Å².